The van der Waals surface area contributed by atoms with Crippen LogP contribution in [0.3, 0.4) is 0 Å². The third-order valence-electron chi connectivity index (χ3n) is 4.32. The van der Waals surface area contributed by atoms with Crippen molar-refractivity contribution in [2.45, 2.75) is 40.8 Å². The van der Waals surface area contributed by atoms with E-state index in [0.717, 1.165) is 45.8 Å². The lowest BCUT2D eigenvalue weighted by Gasteiger charge is -2.15. The van der Waals surface area contributed by atoms with E-state index in [9.17, 15) is 0 Å². The van der Waals surface area contributed by atoms with Crippen molar-refractivity contribution in [3.63, 3.8) is 0 Å². The number of thiazole rings is 1. The van der Waals surface area contributed by atoms with Crippen LogP contribution in [0.15, 0.2) is 35.3 Å². The van der Waals surface area contributed by atoms with E-state index in [1.54, 1.807) is 18.4 Å². The number of guanidine groups is 1. The molecule has 2 aromatic heterocycles. The smallest absolute Gasteiger partial charge is 0.191 e. The highest BCUT2D eigenvalue weighted by Gasteiger charge is 2.10. The van der Waals surface area contributed by atoms with Crippen LogP contribution in [0.2, 0.25) is 0 Å². The molecule has 6 nitrogen and oxygen atoms in total. The van der Waals surface area contributed by atoms with Crippen molar-refractivity contribution in [1.82, 2.24) is 25.4 Å². The van der Waals surface area contributed by atoms with E-state index < -0.39 is 0 Å². The third kappa shape index (κ3) is 5.32. The van der Waals surface area contributed by atoms with E-state index >= 15 is 0 Å². The second-order valence-corrected chi connectivity index (χ2v) is 7.78. The number of aromatic nitrogens is 3. The predicted molar refractivity (Wildman–Crippen MR) is 127 cm³/mol. The first-order chi connectivity index (χ1) is 13.0. The SMILES string of the molecule is CN=C(NCc1ccccc1-n1nc(C)cc1C)NCc1sc(C)nc1C.I. The molecule has 0 fully saturated rings. The lowest BCUT2D eigenvalue weighted by molar-refractivity contribution is 0.782. The fourth-order valence-electron chi connectivity index (χ4n) is 3.04. The van der Waals surface area contributed by atoms with Crippen molar-refractivity contribution in [1.29, 1.82) is 0 Å². The maximum atomic E-state index is 4.61. The summed E-state index contributed by atoms with van der Waals surface area (Å²) in [6.45, 7) is 9.54. The van der Waals surface area contributed by atoms with Gasteiger partial charge in [-0.1, -0.05) is 18.2 Å². The summed E-state index contributed by atoms with van der Waals surface area (Å²) in [6.07, 6.45) is 0. The van der Waals surface area contributed by atoms with Crippen molar-refractivity contribution < 1.29 is 0 Å². The summed E-state index contributed by atoms with van der Waals surface area (Å²) in [6, 6.07) is 10.4. The molecule has 2 N–H and O–H groups in total. The zero-order valence-electron chi connectivity index (χ0n) is 16.9. The highest BCUT2D eigenvalue weighted by molar-refractivity contribution is 14.0. The standard InChI is InChI=1S/C20H26N6S.HI/c1-13-10-14(2)26(25-13)18-9-7-6-8-17(18)11-22-20(21-5)23-12-19-15(3)24-16(4)27-19;/h6-10H,11-12H2,1-5H3,(H2,21,22,23);1H. The van der Waals surface area contributed by atoms with Gasteiger partial charge >= 0.3 is 0 Å². The van der Waals surface area contributed by atoms with Crippen LogP contribution < -0.4 is 10.6 Å². The minimum Gasteiger partial charge on any atom is -0.352 e. The molecule has 0 amide bonds. The Bertz CT molecular complexity index is 960. The topological polar surface area (TPSA) is 67.1 Å². The molecule has 0 atom stereocenters. The molecule has 3 rings (SSSR count). The number of benzene rings is 1. The summed E-state index contributed by atoms with van der Waals surface area (Å²) in [5.74, 6) is 0.767. The number of rotatable bonds is 5. The van der Waals surface area contributed by atoms with Crippen molar-refractivity contribution in [3.05, 3.63) is 62.9 Å². The van der Waals surface area contributed by atoms with Gasteiger partial charge < -0.3 is 10.6 Å². The highest BCUT2D eigenvalue weighted by atomic mass is 127. The van der Waals surface area contributed by atoms with Gasteiger partial charge in [0.2, 0.25) is 0 Å². The Morgan fingerprint density at radius 1 is 1.11 bits per heavy atom. The monoisotopic (exact) mass is 510 g/mol. The number of halogens is 1. The van der Waals surface area contributed by atoms with Gasteiger partial charge in [0, 0.05) is 24.2 Å². The number of para-hydroxylation sites is 1. The van der Waals surface area contributed by atoms with Gasteiger partial charge in [0.25, 0.3) is 0 Å². The van der Waals surface area contributed by atoms with Gasteiger partial charge in [0.15, 0.2) is 5.96 Å². The first-order valence-electron chi connectivity index (χ1n) is 8.97. The maximum absolute atomic E-state index is 4.61. The maximum Gasteiger partial charge on any atom is 0.191 e. The zero-order valence-corrected chi connectivity index (χ0v) is 20.1. The van der Waals surface area contributed by atoms with Gasteiger partial charge in [0.05, 0.1) is 28.6 Å². The van der Waals surface area contributed by atoms with Gasteiger partial charge in [-0.3, -0.25) is 4.99 Å². The van der Waals surface area contributed by atoms with Crippen LogP contribution >= 0.6 is 35.3 Å². The van der Waals surface area contributed by atoms with E-state index in [4.69, 9.17) is 0 Å². The van der Waals surface area contributed by atoms with Crippen molar-refractivity contribution >= 4 is 41.3 Å². The number of hydrogen-bond acceptors (Lipinski definition) is 4. The molecule has 0 aliphatic heterocycles. The third-order valence-corrected chi connectivity index (χ3v) is 5.39. The number of nitrogens with one attached hydrogen (secondary N) is 2. The lowest BCUT2D eigenvalue weighted by atomic mass is 10.1. The van der Waals surface area contributed by atoms with Crippen LogP contribution in [0.4, 0.5) is 0 Å². The second kappa shape index (κ2) is 10.0. The van der Waals surface area contributed by atoms with Crippen molar-refractivity contribution in [3.8, 4) is 5.69 Å². The molecule has 0 saturated heterocycles. The Morgan fingerprint density at radius 3 is 2.43 bits per heavy atom. The van der Waals surface area contributed by atoms with Crippen LogP contribution in [-0.4, -0.2) is 27.8 Å². The Balaban J connectivity index is 0.00000280. The van der Waals surface area contributed by atoms with Gasteiger partial charge in [-0.2, -0.15) is 5.10 Å². The fourth-order valence-corrected chi connectivity index (χ4v) is 3.92. The molecular weight excluding hydrogens is 483 g/mol. The molecule has 0 bridgehead atoms. The Hall–Kier alpha value is -1.94. The van der Waals surface area contributed by atoms with Gasteiger partial charge in [-0.05, 0) is 45.4 Å². The number of hydrogen-bond donors (Lipinski definition) is 2. The van der Waals surface area contributed by atoms with Crippen molar-refractivity contribution in [2.75, 3.05) is 7.05 Å². The molecular formula is C20H27IN6S. The molecule has 2 heterocycles. The lowest BCUT2D eigenvalue weighted by Crippen LogP contribution is -2.36. The van der Waals surface area contributed by atoms with Crippen LogP contribution in [0.1, 0.15) is 32.5 Å². The highest BCUT2D eigenvalue weighted by Crippen LogP contribution is 2.18. The van der Waals surface area contributed by atoms with Crippen molar-refractivity contribution in [2.24, 2.45) is 4.99 Å². The molecule has 150 valence electrons. The van der Waals surface area contributed by atoms with Crippen LogP contribution in [0.5, 0.6) is 0 Å². The molecule has 0 unspecified atom stereocenters. The normalized spacial score (nSPS) is 11.2. The summed E-state index contributed by atoms with van der Waals surface area (Å²) < 4.78 is 1.99. The van der Waals surface area contributed by atoms with E-state index in [1.807, 2.05) is 37.6 Å². The molecule has 0 spiro atoms. The van der Waals surface area contributed by atoms with E-state index in [0.29, 0.717) is 6.54 Å². The second-order valence-electron chi connectivity index (χ2n) is 6.49. The molecule has 28 heavy (non-hydrogen) atoms. The molecule has 8 heteroatoms. The molecule has 3 aromatic rings. The zero-order chi connectivity index (χ0) is 19.4. The average Bonchev–Trinajstić information content (AvgIpc) is 3.15. The summed E-state index contributed by atoms with van der Waals surface area (Å²) >= 11 is 1.72. The molecule has 0 aliphatic rings. The summed E-state index contributed by atoms with van der Waals surface area (Å²) in [5, 5.41) is 12.5. The van der Waals surface area contributed by atoms with Crippen LogP contribution in [0, 0.1) is 27.7 Å². The molecule has 0 radical (unpaired) electrons. The average molecular weight is 510 g/mol. The van der Waals surface area contributed by atoms with Gasteiger partial charge in [-0.25, -0.2) is 9.67 Å². The number of aryl methyl sites for hydroxylation is 4. The Labute approximate surface area is 187 Å². The minimum atomic E-state index is 0. The molecule has 1 aromatic carbocycles. The molecule has 0 aliphatic carbocycles. The summed E-state index contributed by atoms with van der Waals surface area (Å²) in [5.41, 5.74) is 5.47. The van der Waals surface area contributed by atoms with E-state index in [1.165, 1.54) is 4.88 Å². The largest absolute Gasteiger partial charge is 0.352 e. The van der Waals surface area contributed by atoms with Crippen LogP contribution in [0.25, 0.3) is 5.69 Å². The van der Waals surface area contributed by atoms with E-state index in [2.05, 4.69) is 50.8 Å². The molecule has 0 saturated carbocycles. The Morgan fingerprint density at radius 2 is 1.82 bits per heavy atom. The fraction of sp³-hybridized carbons (Fsp3) is 0.350. The van der Waals surface area contributed by atoms with Crippen LogP contribution in [-0.2, 0) is 13.1 Å². The number of nitrogens with zero attached hydrogens (tertiary/aromatic N) is 4. The first kappa shape index (κ1) is 22.4. The Kier molecular flexibility index (Phi) is 7.99. The summed E-state index contributed by atoms with van der Waals surface area (Å²) in [4.78, 5) is 10.0. The first-order valence-corrected chi connectivity index (χ1v) is 9.78. The van der Waals surface area contributed by atoms with Gasteiger partial charge in [-0.15, -0.1) is 35.3 Å². The predicted octanol–water partition coefficient (Wildman–Crippen LogP) is 4.05. The quantitative estimate of drug-likeness (QED) is 0.309. The van der Waals surface area contributed by atoms with E-state index in [-0.39, 0.29) is 24.0 Å². The minimum absolute atomic E-state index is 0. The summed E-state index contributed by atoms with van der Waals surface area (Å²) in [7, 11) is 1.78. The number of aliphatic imine (C=N–C) groups is 1. The van der Waals surface area contributed by atoms with Gasteiger partial charge in [0.1, 0.15) is 0 Å².